The van der Waals surface area contributed by atoms with Crippen molar-refractivity contribution in [2.75, 3.05) is 0 Å². The van der Waals surface area contributed by atoms with Crippen LogP contribution >= 0.6 is 15.9 Å². The average Bonchev–Trinajstić information content (AvgIpc) is 2.09. The van der Waals surface area contributed by atoms with Crippen molar-refractivity contribution in [2.24, 2.45) is 0 Å². The Balaban J connectivity index is 2.60. The molecule has 0 aromatic rings. The van der Waals surface area contributed by atoms with E-state index in [9.17, 15) is 8.42 Å². The van der Waals surface area contributed by atoms with Gasteiger partial charge in [0.05, 0.1) is 4.45 Å². The van der Waals surface area contributed by atoms with Gasteiger partial charge in [0.1, 0.15) is 0 Å². The molecule has 66 valence electrons. The van der Waals surface area contributed by atoms with Crippen molar-refractivity contribution < 1.29 is 13.0 Å². The van der Waals surface area contributed by atoms with Crippen molar-refractivity contribution in [3.05, 3.63) is 0 Å². The van der Waals surface area contributed by atoms with Crippen molar-refractivity contribution in [1.82, 2.24) is 4.72 Å². The minimum absolute atomic E-state index is 0.597. The van der Waals surface area contributed by atoms with Crippen molar-refractivity contribution in [2.45, 2.75) is 30.1 Å². The fraction of sp³-hybridized carbons (Fsp3) is 1.00. The van der Waals surface area contributed by atoms with E-state index in [0.717, 1.165) is 25.7 Å². The Bertz CT molecular complexity index is 232. The lowest BCUT2D eigenvalue weighted by molar-refractivity contribution is 0.444. The molecule has 0 heterocycles. The standard InChI is InChI=1S/C5H10BrNO3S/c6-5(3-1-2-4-5)7-11(8,9)10/h7H,1-4H2,(H,8,9,10). The molecule has 0 saturated heterocycles. The predicted octanol–water partition coefficient (Wildman–Crippen LogP) is 1.04. The SMILES string of the molecule is O=S(=O)(O)NC1(Br)CCCC1. The fourth-order valence-electron chi connectivity index (χ4n) is 1.27. The third-order valence-corrected chi connectivity index (χ3v) is 3.61. The van der Waals surface area contributed by atoms with E-state index in [1.54, 1.807) is 0 Å². The Morgan fingerprint density at radius 3 is 2.18 bits per heavy atom. The van der Waals surface area contributed by atoms with Crippen molar-refractivity contribution in [3.63, 3.8) is 0 Å². The topological polar surface area (TPSA) is 66.4 Å². The van der Waals surface area contributed by atoms with Gasteiger partial charge in [0.2, 0.25) is 0 Å². The summed E-state index contributed by atoms with van der Waals surface area (Å²) in [6.45, 7) is 0. The second-order valence-electron chi connectivity index (χ2n) is 2.75. The van der Waals surface area contributed by atoms with Crippen LogP contribution in [0.1, 0.15) is 25.7 Å². The number of hydrogen-bond donors (Lipinski definition) is 2. The van der Waals surface area contributed by atoms with E-state index in [4.69, 9.17) is 4.55 Å². The molecule has 0 spiro atoms. The van der Waals surface area contributed by atoms with Gasteiger partial charge in [-0.2, -0.15) is 13.1 Å². The van der Waals surface area contributed by atoms with Crippen LogP contribution in [-0.2, 0) is 10.3 Å². The fourth-order valence-corrected chi connectivity index (χ4v) is 3.11. The Hall–Kier alpha value is 0.350. The van der Waals surface area contributed by atoms with Crippen LogP contribution in [0.5, 0.6) is 0 Å². The molecule has 0 aromatic heterocycles. The molecule has 0 unspecified atom stereocenters. The Morgan fingerprint density at radius 1 is 1.36 bits per heavy atom. The highest BCUT2D eigenvalue weighted by Crippen LogP contribution is 2.35. The molecule has 2 N–H and O–H groups in total. The van der Waals surface area contributed by atoms with E-state index < -0.39 is 14.8 Å². The van der Waals surface area contributed by atoms with Crippen LogP contribution in [0.3, 0.4) is 0 Å². The third kappa shape index (κ3) is 3.06. The maximum atomic E-state index is 10.4. The minimum Gasteiger partial charge on any atom is -0.273 e. The van der Waals surface area contributed by atoms with Crippen LogP contribution < -0.4 is 4.72 Å². The van der Waals surface area contributed by atoms with E-state index in [1.807, 2.05) is 0 Å². The molecule has 0 atom stereocenters. The molecule has 6 heteroatoms. The van der Waals surface area contributed by atoms with Gasteiger partial charge in [0, 0.05) is 0 Å². The van der Waals surface area contributed by atoms with Crippen LogP contribution in [-0.4, -0.2) is 17.4 Å². The first-order valence-corrected chi connectivity index (χ1v) is 5.60. The molecule has 1 aliphatic carbocycles. The second-order valence-corrected chi connectivity index (χ2v) is 5.42. The van der Waals surface area contributed by atoms with Crippen molar-refractivity contribution >= 4 is 26.2 Å². The normalized spacial score (nSPS) is 23.8. The number of rotatable bonds is 2. The van der Waals surface area contributed by atoms with Gasteiger partial charge in [0.15, 0.2) is 0 Å². The van der Waals surface area contributed by atoms with Gasteiger partial charge in [-0.3, -0.25) is 4.55 Å². The zero-order chi connectivity index (χ0) is 8.54. The molecule has 0 aromatic carbocycles. The summed E-state index contributed by atoms with van der Waals surface area (Å²) in [6.07, 6.45) is 3.42. The molecule has 0 amide bonds. The summed E-state index contributed by atoms with van der Waals surface area (Å²) in [4.78, 5) is 0. The van der Waals surface area contributed by atoms with Crippen molar-refractivity contribution in [1.29, 1.82) is 0 Å². The Labute approximate surface area is 74.4 Å². The van der Waals surface area contributed by atoms with Gasteiger partial charge in [-0.05, 0) is 12.8 Å². The summed E-state index contributed by atoms with van der Waals surface area (Å²) in [5, 5.41) is 0. The Kier molecular flexibility index (Phi) is 2.58. The highest BCUT2D eigenvalue weighted by atomic mass is 79.9. The van der Waals surface area contributed by atoms with Crippen LogP contribution in [0, 0.1) is 0 Å². The van der Waals surface area contributed by atoms with Gasteiger partial charge in [-0.15, -0.1) is 0 Å². The molecule has 11 heavy (non-hydrogen) atoms. The van der Waals surface area contributed by atoms with Crippen LogP contribution in [0.2, 0.25) is 0 Å². The van der Waals surface area contributed by atoms with Crippen molar-refractivity contribution in [3.8, 4) is 0 Å². The smallest absolute Gasteiger partial charge is 0.273 e. The second kappa shape index (κ2) is 3.01. The quantitative estimate of drug-likeness (QED) is 0.433. The van der Waals surface area contributed by atoms with Crippen LogP contribution in [0.4, 0.5) is 0 Å². The van der Waals surface area contributed by atoms with Crippen LogP contribution in [0.25, 0.3) is 0 Å². The molecule has 1 fully saturated rings. The van der Waals surface area contributed by atoms with Gasteiger partial charge in [0.25, 0.3) is 0 Å². The number of nitrogens with one attached hydrogen (secondary N) is 1. The molecule has 1 aliphatic rings. The molecule has 1 saturated carbocycles. The maximum absolute atomic E-state index is 10.4. The van der Waals surface area contributed by atoms with E-state index >= 15 is 0 Å². The van der Waals surface area contributed by atoms with Gasteiger partial charge < -0.3 is 0 Å². The lowest BCUT2D eigenvalue weighted by atomic mass is 10.3. The maximum Gasteiger partial charge on any atom is 0.334 e. The summed E-state index contributed by atoms with van der Waals surface area (Å²) in [5.74, 6) is 0. The highest BCUT2D eigenvalue weighted by Gasteiger charge is 2.34. The number of hydrogen-bond acceptors (Lipinski definition) is 2. The molecule has 0 radical (unpaired) electrons. The molecule has 4 nitrogen and oxygen atoms in total. The monoisotopic (exact) mass is 243 g/mol. The van der Waals surface area contributed by atoms with E-state index in [2.05, 4.69) is 20.7 Å². The summed E-state index contributed by atoms with van der Waals surface area (Å²) in [7, 11) is -4.06. The minimum atomic E-state index is -4.06. The molecular formula is C5H10BrNO3S. The molecule has 0 aliphatic heterocycles. The van der Waals surface area contributed by atoms with E-state index in [0.29, 0.717) is 0 Å². The average molecular weight is 244 g/mol. The van der Waals surface area contributed by atoms with Gasteiger partial charge in [-0.25, -0.2) is 0 Å². The third-order valence-electron chi connectivity index (χ3n) is 1.71. The lowest BCUT2D eigenvalue weighted by Gasteiger charge is -2.19. The summed E-state index contributed by atoms with van der Waals surface area (Å²) in [5.41, 5.74) is 0. The summed E-state index contributed by atoms with van der Waals surface area (Å²) < 4.78 is 30.8. The molecular weight excluding hydrogens is 234 g/mol. The van der Waals surface area contributed by atoms with Gasteiger partial charge >= 0.3 is 10.3 Å². The summed E-state index contributed by atoms with van der Waals surface area (Å²) >= 11 is 3.23. The molecule has 1 rings (SSSR count). The first-order chi connectivity index (χ1) is 4.91. The highest BCUT2D eigenvalue weighted by molar-refractivity contribution is 9.10. The Morgan fingerprint density at radius 2 is 1.82 bits per heavy atom. The summed E-state index contributed by atoms with van der Waals surface area (Å²) in [6, 6.07) is 0. The van der Waals surface area contributed by atoms with Crippen LogP contribution in [0.15, 0.2) is 0 Å². The first kappa shape index (κ1) is 9.44. The number of alkyl halides is 1. The first-order valence-electron chi connectivity index (χ1n) is 3.37. The lowest BCUT2D eigenvalue weighted by Crippen LogP contribution is -2.40. The van der Waals surface area contributed by atoms with E-state index in [-0.39, 0.29) is 0 Å². The van der Waals surface area contributed by atoms with E-state index in [1.165, 1.54) is 0 Å². The zero-order valence-corrected chi connectivity index (χ0v) is 8.28. The number of halogens is 1. The van der Waals surface area contributed by atoms with Gasteiger partial charge in [-0.1, -0.05) is 28.8 Å². The zero-order valence-electron chi connectivity index (χ0n) is 5.88. The largest absolute Gasteiger partial charge is 0.334 e. The molecule has 0 bridgehead atoms. The predicted molar refractivity (Wildman–Crippen MR) is 44.8 cm³/mol.